The van der Waals surface area contributed by atoms with Gasteiger partial charge in [-0.1, -0.05) is 0 Å². The summed E-state index contributed by atoms with van der Waals surface area (Å²) in [5.74, 6) is -0.0522. The van der Waals surface area contributed by atoms with Crippen molar-refractivity contribution < 1.29 is 9.53 Å². The molecular weight excluding hydrogens is 144 g/mol. The average molecular weight is 160 g/mol. The van der Waals surface area contributed by atoms with E-state index >= 15 is 0 Å². The Hall–Kier alpha value is -0.610. The predicted octanol–water partition coefficient (Wildman–Crippen LogP) is -0.641. The minimum atomic E-state index is -0.0522. The molecule has 0 saturated heterocycles. The molecule has 0 spiro atoms. The van der Waals surface area contributed by atoms with Crippen LogP contribution in [-0.4, -0.2) is 39.8 Å². The predicted molar refractivity (Wildman–Crippen MR) is 43.4 cm³/mol. The molecule has 0 aliphatic heterocycles. The van der Waals surface area contributed by atoms with Crippen LogP contribution >= 0.6 is 0 Å². The molecule has 0 atom stereocenters. The molecule has 0 fully saturated rings. The van der Waals surface area contributed by atoms with Crippen molar-refractivity contribution in [1.82, 2.24) is 10.6 Å². The van der Waals surface area contributed by atoms with Gasteiger partial charge in [0.1, 0.15) is 6.61 Å². The zero-order valence-corrected chi connectivity index (χ0v) is 7.14. The first kappa shape index (κ1) is 10.4. The number of methoxy groups -OCH3 is 1. The van der Waals surface area contributed by atoms with Gasteiger partial charge in [-0.3, -0.25) is 4.79 Å². The minimum absolute atomic E-state index is 0.0522. The summed E-state index contributed by atoms with van der Waals surface area (Å²) >= 11 is 0. The fourth-order valence-electron chi connectivity index (χ4n) is 0.675. The van der Waals surface area contributed by atoms with Gasteiger partial charge in [0.2, 0.25) is 5.91 Å². The van der Waals surface area contributed by atoms with E-state index in [9.17, 15) is 4.79 Å². The number of rotatable bonds is 6. The summed E-state index contributed by atoms with van der Waals surface area (Å²) in [5.41, 5.74) is 0. The van der Waals surface area contributed by atoms with E-state index in [4.69, 9.17) is 0 Å². The number of carbonyl (C=O) groups excluding carboxylic acids is 1. The van der Waals surface area contributed by atoms with Gasteiger partial charge in [-0.05, 0) is 20.0 Å². The summed E-state index contributed by atoms with van der Waals surface area (Å²) in [6, 6.07) is 0. The molecule has 0 bridgehead atoms. The Labute approximate surface area is 67.3 Å². The summed E-state index contributed by atoms with van der Waals surface area (Å²) in [5, 5.41) is 5.71. The van der Waals surface area contributed by atoms with Crippen LogP contribution in [-0.2, 0) is 9.53 Å². The smallest absolute Gasteiger partial charge is 0.245 e. The highest BCUT2D eigenvalue weighted by atomic mass is 16.5. The molecule has 0 heterocycles. The van der Waals surface area contributed by atoms with Gasteiger partial charge in [0.05, 0.1) is 0 Å². The molecule has 1 amide bonds. The molecule has 4 nitrogen and oxygen atoms in total. The van der Waals surface area contributed by atoms with Crippen LogP contribution in [0.15, 0.2) is 0 Å². The summed E-state index contributed by atoms with van der Waals surface area (Å²) in [4.78, 5) is 10.7. The third kappa shape index (κ3) is 7.29. The van der Waals surface area contributed by atoms with Crippen LogP contribution in [0.25, 0.3) is 0 Å². The van der Waals surface area contributed by atoms with Crippen molar-refractivity contribution in [2.75, 3.05) is 33.9 Å². The molecule has 0 radical (unpaired) electrons. The monoisotopic (exact) mass is 160 g/mol. The zero-order chi connectivity index (χ0) is 8.53. The molecule has 0 rings (SSSR count). The molecule has 0 unspecified atom stereocenters. The first-order valence-electron chi connectivity index (χ1n) is 3.71. The van der Waals surface area contributed by atoms with E-state index < -0.39 is 0 Å². The van der Waals surface area contributed by atoms with Gasteiger partial charge in [0.25, 0.3) is 0 Å². The van der Waals surface area contributed by atoms with Gasteiger partial charge in [-0.25, -0.2) is 0 Å². The van der Waals surface area contributed by atoms with Crippen LogP contribution in [0.4, 0.5) is 0 Å². The Balaban J connectivity index is 3.04. The van der Waals surface area contributed by atoms with Crippen LogP contribution in [0.5, 0.6) is 0 Å². The lowest BCUT2D eigenvalue weighted by molar-refractivity contribution is -0.124. The maximum atomic E-state index is 10.7. The standard InChI is InChI=1S/C7H16N2O2/c1-8-4-3-5-9-7(10)6-11-2/h8H,3-6H2,1-2H3,(H,9,10). The molecule has 66 valence electrons. The molecule has 0 aromatic rings. The van der Waals surface area contributed by atoms with E-state index in [0.29, 0.717) is 6.54 Å². The number of hydrogen-bond acceptors (Lipinski definition) is 3. The topological polar surface area (TPSA) is 50.4 Å². The highest BCUT2D eigenvalue weighted by Crippen LogP contribution is 1.73. The maximum absolute atomic E-state index is 10.7. The van der Waals surface area contributed by atoms with Crippen molar-refractivity contribution in [2.45, 2.75) is 6.42 Å². The van der Waals surface area contributed by atoms with Crippen LogP contribution in [0, 0.1) is 0 Å². The summed E-state index contributed by atoms with van der Waals surface area (Å²) in [7, 11) is 3.39. The third-order valence-electron chi connectivity index (χ3n) is 1.20. The second kappa shape index (κ2) is 7.50. The van der Waals surface area contributed by atoms with E-state index in [1.165, 1.54) is 7.11 Å². The van der Waals surface area contributed by atoms with Gasteiger partial charge in [0, 0.05) is 13.7 Å². The average Bonchev–Trinajstić information content (AvgIpc) is 1.99. The number of carbonyl (C=O) groups is 1. The van der Waals surface area contributed by atoms with Crippen LogP contribution in [0.3, 0.4) is 0 Å². The summed E-state index contributed by atoms with van der Waals surface area (Å²) < 4.78 is 4.63. The fraction of sp³-hybridized carbons (Fsp3) is 0.857. The van der Waals surface area contributed by atoms with Crippen molar-refractivity contribution >= 4 is 5.91 Å². The summed E-state index contributed by atoms with van der Waals surface area (Å²) in [6.45, 7) is 1.79. The Kier molecular flexibility index (Phi) is 7.08. The van der Waals surface area contributed by atoms with Crippen LogP contribution in [0.1, 0.15) is 6.42 Å². The Morgan fingerprint density at radius 1 is 1.45 bits per heavy atom. The fourth-order valence-corrected chi connectivity index (χ4v) is 0.675. The SMILES string of the molecule is CNCCCNC(=O)COC. The maximum Gasteiger partial charge on any atom is 0.245 e. The zero-order valence-electron chi connectivity index (χ0n) is 7.14. The number of nitrogens with one attached hydrogen (secondary N) is 2. The third-order valence-corrected chi connectivity index (χ3v) is 1.20. The largest absolute Gasteiger partial charge is 0.375 e. The highest BCUT2D eigenvalue weighted by molar-refractivity contribution is 5.77. The molecule has 0 aromatic carbocycles. The van der Waals surface area contributed by atoms with E-state index in [1.54, 1.807) is 0 Å². The van der Waals surface area contributed by atoms with Gasteiger partial charge in [0.15, 0.2) is 0 Å². The van der Waals surface area contributed by atoms with Crippen molar-refractivity contribution in [3.63, 3.8) is 0 Å². The lowest BCUT2D eigenvalue weighted by atomic mass is 10.4. The number of hydrogen-bond donors (Lipinski definition) is 2. The highest BCUT2D eigenvalue weighted by Gasteiger charge is 1.96. The van der Waals surface area contributed by atoms with E-state index in [1.807, 2.05) is 7.05 Å². The lowest BCUT2D eigenvalue weighted by Crippen LogP contribution is -2.29. The van der Waals surface area contributed by atoms with Gasteiger partial charge >= 0.3 is 0 Å². The molecule has 11 heavy (non-hydrogen) atoms. The number of amides is 1. The minimum Gasteiger partial charge on any atom is -0.375 e. The molecular formula is C7H16N2O2. The molecule has 0 saturated carbocycles. The molecule has 0 aromatic heterocycles. The summed E-state index contributed by atoms with van der Waals surface area (Å²) in [6.07, 6.45) is 0.950. The van der Waals surface area contributed by atoms with E-state index in [2.05, 4.69) is 15.4 Å². The van der Waals surface area contributed by atoms with Gasteiger partial charge in [-0.2, -0.15) is 0 Å². The molecule has 4 heteroatoms. The van der Waals surface area contributed by atoms with Crippen molar-refractivity contribution in [3.8, 4) is 0 Å². The molecule has 0 aliphatic carbocycles. The van der Waals surface area contributed by atoms with E-state index in [-0.39, 0.29) is 12.5 Å². The van der Waals surface area contributed by atoms with Gasteiger partial charge < -0.3 is 15.4 Å². The lowest BCUT2D eigenvalue weighted by Gasteiger charge is -2.02. The van der Waals surface area contributed by atoms with Crippen LogP contribution in [0.2, 0.25) is 0 Å². The molecule has 0 aliphatic rings. The normalized spacial score (nSPS) is 9.64. The van der Waals surface area contributed by atoms with Crippen molar-refractivity contribution in [1.29, 1.82) is 0 Å². The second-order valence-corrected chi connectivity index (χ2v) is 2.24. The quantitative estimate of drug-likeness (QED) is 0.508. The molecule has 2 N–H and O–H groups in total. The Morgan fingerprint density at radius 2 is 2.18 bits per heavy atom. The van der Waals surface area contributed by atoms with Crippen molar-refractivity contribution in [2.24, 2.45) is 0 Å². The van der Waals surface area contributed by atoms with E-state index in [0.717, 1.165) is 13.0 Å². The Bertz CT molecular complexity index is 107. The Morgan fingerprint density at radius 3 is 2.73 bits per heavy atom. The van der Waals surface area contributed by atoms with Crippen molar-refractivity contribution in [3.05, 3.63) is 0 Å². The second-order valence-electron chi connectivity index (χ2n) is 2.24. The van der Waals surface area contributed by atoms with Crippen LogP contribution < -0.4 is 10.6 Å². The van der Waals surface area contributed by atoms with Gasteiger partial charge in [-0.15, -0.1) is 0 Å². The first-order chi connectivity index (χ1) is 5.31. The first-order valence-corrected chi connectivity index (χ1v) is 3.71. The number of ether oxygens (including phenoxy) is 1.